The van der Waals surface area contributed by atoms with Crippen LogP contribution in [-0.4, -0.2) is 4.98 Å². The van der Waals surface area contributed by atoms with Crippen LogP contribution >= 0.6 is 0 Å². The molecule has 1 saturated carbocycles. The monoisotopic (exact) mass is 319 g/mol. The van der Waals surface area contributed by atoms with E-state index in [-0.39, 0.29) is 0 Å². The SMILES string of the molecule is CCCCC1CCC(c2ccc(/C=C/c3ccccc3)nc2)CC1. The van der Waals surface area contributed by atoms with E-state index in [0.717, 1.165) is 17.5 Å². The number of benzene rings is 1. The lowest BCUT2D eigenvalue weighted by Crippen LogP contribution is -2.13. The molecule has 1 aliphatic carbocycles. The Balaban J connectivity index is 1.54. The lowest BCUT2D eigenvalue weighted by Gasteiger charge is -2.28. The summed E-state index contributed by atoms with van der Waals surface area (Å²) in [6, 6.07) is 14.8. The van der Waals surface area contributed by atoms with Crippen molar-refractivity contribution >= 4 is 12.2 Å². The molecule has 0 amide bonds. The summed E-state index contributed by atoms with van der Waals surface area (Å²) in [6.45, 7) is 2.30. The van der Waals surface area contributed by atoms with Crippen molar-refractivity contribution in [3.05, 3.63) is 65.5 Å². The molecular weight excluding hydrogens is 290 g/mol. The Bertz CT molecular complexity index is 619. The predicted octanol–water partition coefficient (Wildman–Crippen LogP) is 6.72. The summed E-state index contributed by atoms with van der Waals surface area (Å²) in [6.07, 6.45) is 16.0. The molecule has 1 heteroatoms. The molecule has 0 N–H and O–H groups in total. The normalized spacial score (nSPS) is 21.2. The Kier molecular flexibility index (Phi) is 6.23. The molecule has 126 valence electrons. The summed E-state index contributed by atoms with van der Waals surface area (Å²) in [4.78, 5) is 4.65. The zero-order valence-corrected chi connectivity index (χ0v) is 14.8. The zero-order valence-electron chi connectivity index (χ0n) is 14.8. The molecule has 0 aliphatic heterocycles. The van der Waals surface area contributed by atoms with Gasteiger partial charge in [-0.3, -0.25) is 4.98 Å². The van der Waals surface area contributed by atoms with Crippen molar-refractivity contribution in [1.82, 2.24) is 4.98 Å². The highest BCUT2D eigenvalue weighted by molar-refractivity contribution is 5.67. The van der Waals surface area contributed by atoms with Gasteiger partial charge in [0.25, 0.3) is 0 Å². The van der Waals surface area contributed by atoms with Crippen molar-refractivity contribution in [3.63, 3.8) is 0 Å². The third-order valence-electron chi connectivity index (χ3n) is 5.34. The molecular formula is C23H29N. The van der Waals surface area contributed by atoms with E-state index in [4.69, 9.17) is 0 Å². The van der Waals surface area contributed by atoms with Gasteiger partial charge in [-0.15, -0.1) is 0 Å². The summed E-state index contributed by atoms with van der Waals surface area (Å²) in [5, 5.41) is 0. The van der Waals surface area contributed by atoms with Crippen LogP contribution in [0.15, 0.2) is 48.7 Å². The van der Waals surface area contributed by atoms with Crippen molar-refractivity contribution in [2.45, 2.75) is 57.8 Å². The van der Waals surface area contributed by atoms with Crippen LogP contribution in [0.4, 0.5) is 0 Å². The van der Waals surface area contributed by atoms with Gasteiger partial charge >= 0.3 is 0 Å². The smallest absolute Gasteiger partial charge is 0.0630 e. The lowest BCUT2D eigenvalue weighted by atomic mass is 9.77. The summed E-state index contributed by atoms with van der Waals surface area (Å²) in [7, 11) is 0. The molecule has 1 aromatic carbocycles. The molecule has 1 heterocycles. The molecule has 2 aromatic rings. The van der Waals surface area contributed by atoms with Crippen LogP contribution in [0.3, 0.4) is 0 Å². The van der Waals surface area contributed by atoms with Crippen molar-refractivity contribution in [1.29, 1.82) is 0 Å². The highest BCUT2D eigenvalue weighted by Crippen LogP contribution is 2.37. The minimum absolute atomic E-state index is 0.725. The van der Waals surface area contributed by atoms with Crippen LogP contribution < -0.4 is 0 Å². The standard InChI is InChI=1S/C23H29N/c1-2-3-7-20-10-13-21(14-11-20)22-15-17-23(24-18-22)16-12-19-8-5-4-6-9-19/h4-6,8-9,12,15-18,20-21H,2-3,7,10-11,13-14H2,1H3/b16-12+. The van der Waals surface area contributed by atoms with Crippen LogP contribution in [-0.2, 0) is 0 Å². The molecule has 0 bridgehead atoms. The molecule has 1 aliphatic rings. The molecule has 0 unspecified atom stereocenters. The fourth-order valence-corrected chi connectivity index (χ4v) is 3.78. The van der Waals surface area contributed by atoms with Gasteiger partial charge in [-0.05, 0) is 60.8 Å². The maximum absolute atomic E-state index is 4.65. The molecule has 0 atom stereocenters. The third kappa shape index (κ3) is 4.80. The maximum Gasteiger partial charge on any atom is 0.0630 e. The summed E-state index contributed by atoms with van der Waals surface area (Å²) >= 11 is 0. The number of pyridine rings is 1. The Morgan fingerprint density at radius 1 is 0.958 bits per heavy atom. The quantitative estimate of drug-likeness (QED) is 0.576. The van der Waals surface area contributed by atoms with Crippen LogP contribution in [0.5, 0.6) is 0 Å². The van der Waals surface area contributed by atoms with E-state index >= 15 is 0 Å². The van der Waals surface area contributed by atoms with Gasteiger partial charge in [-0.2, -0.15) is 0 Å². The molecule has 1 fully saturated rings. The summed E-state index contributed by atoms with van der Waals surface area (Å²) in [5.74, 6) is 1.70. The molecule has 1 nitrogen and oxygen atoms in total. The Hall–Kier alpha value is -1.89. The van der Waals surface area contributed by atoms with E-state index in [2.05, 4.69) is 66.7 Å². The summed E-state index contributed by atoms with van der Waals surface area (Å²) in [5.41, 5.74) is 3.69. The summed E-state index contributed by atoms with van der Waals surface area (Å²) < 4.78 is 0. The van der Waals surface area contributed by atoms with Gasteiger partial charge in [0.1, 0.15) is 0 Å². The number of hydrogen-bond acceptors (Lipinski definition) is 1. The van der Waals surface area contributed by atoms with Crippen LogP contribution in [0.25, 0.3) is 12.2 Å². The Labute approximate surface area is 146 Å². The largest absolute Gasteiger partial charge is 0.257 e. The van der Waals surface area contributed by atoms with E-state index in [1.807, 2.05) is 6.07 Å². The van der Waals surface area contributed by atoms with Gasteiger partial charge < -0.3 is 0 Å². The van der Waals surface area contributed by atoms with Crippen LogP contribution in [0, 0.1) is 5.92 Å². The average Bonchev–Trinajstić information content (AvgIpc) is 2.66. The number of unbranched alkanes of at least 4 members (excludes halogenated alkanes) is 1. The number of aromatic nitrogens is 1. The van der Waals surface area contributed by atoms with Crippen molar-refractivity contribution < 1.29 is 0 Å². The van der Waals surface area contributed by atoms with E-state index in [1.165, 1.54) is 56.1 Å². The van der Waals surface area contributed by atoms with Crippen LogP contribution in [0.2, 0.25) is 0 Å². The number of hydrogen-bond donors (Lipinski definition) is 0. The van der Waals surface area contributed by atoms with Crippen molar-refractivity contribution in [2.75, 3.05) is 0 Å². The fourth-order valence-electron chi connectivity index (χ4n) is 3.78. The minimum atomic E-state index is 0.725. The second-order valence-corrected chi connectivity index (χ2v) is 7.12. The van der Waals surface area contributed by atoms with Gasteiger partial charge in [0.2, 0.25) is 0 Å². The second kappa shape index (κ2) is 8.82. The molecule has 0 saturated heterocycles. The fraction of sp³-hybridized carbons (Fsp3) is 0.435. The first kappa shape index (κ1) is 17.0. The molecule has 0 radical (unpaired) electrons. The predicted molar refractivity (Wildman–Crippen MR) is 104 cm³/mol. The minimum Gasteiger partial charge on any atom is -0.257 e. The van der Waals surface area contributed by atoms with E-state index in [1.54, 1.807) is 0 Å². The average molecular weight is 319 g/mol. The number of nitrogens with zero attached hydrogens (tertiary/aromatic N) is 1. The highest BCUT2D eigenvalue weighted by Gasteiger charge is 2.22. The Morgan fingerprint density at radius 2 is 1.75 bits per heavy atom. The first-order valence-corrected chi connectivity index (χ1v) is 9.54. The van der Waals surface area contributed by atoms with Gasteiger partial charge in [-0.25, -0.2) is 0 Å². The third-order valence-corrected chi connectivity index (χ3v) is 5.34. The number of rotatable bonds is 6. The van der Waals surface area contributed by atoms with Gasteiger partial charge in [0, 0.05) is 6.20 Å². The first-order chi connectivity index (χ1) is 11.8. The molecule has 3 rings (SSSR count). The lowest BCUT2D eigenvalue weighted by molar-refractivity contribution is 0.304. The zero-order chi connectivity index (χ0) is 16.6. The van der Waals surface area contributed by atoms with Gasteiger partial charge in [0.15, 0.2) is 0 Å². The highest BCUT2D eigenvalue weighted by atomic mass is 14.7. The maximum atomic E-state index is 4.65. The Morgan fingerprint density at radius 3 is 2.42 bits per heavy atom. The molecule has 24 heavy (non-hydrogen) atoms. The van der Waals surface area contributed by atoms with Gasteiger partial charge in [-0.1, -0.05) is 68.7 Å². The van der Waals surface area contributed by atoms with Gasteiger partial charge in [0.05, 0.1) is 5.69 Å². The second-order valence-electron chi connectivity index (χ2n) is 7.12. The molecule has 1 aromatic heterocycles. The molecule has 0 spiro atoms. The van der Waals surface area contributed by atoms with E-state index < -0.39 is 0 Å². The van der Waals surface area contributed by atoms with E-state index in [9.17, 15) is 0 Å². The van der Waals surface area contributed by atoms with Crippen molar-refractivity contribution in [3.8, 4) is 0 Å². The van der Waals surface area contributed by atoms with Crippen molar-refractivity contribution in [2.24, 2.45) is 5.92 Å². The van der Waals surface area contributed by atoms with E-state index in [0.29, 0.717) is 0 Å². The first-order valence-electron chi connectivity index (χ1n) is 9.54. The topological polar surface area (TPSA) is 12.9 Å². The van der Waals surface area contributed by atoms with Crippen LogP contribution in [0.1, 0.15) is 74.6 Å².